The van der Waals surface area contributed by atoms with Crippen molar-refractivity contribution in [2.45, 2.75) is 43.9 Å². The molecule has 220 valence electrons. The first-order chi connectivity index (χ1) is 20.0. The molecule has 2 atom stereocenters. The van der Waals surface area contributed by atoms with Gasteiger partial charge in [-0.05, 0) is 47.2 Å². The molecular formula is C31H31F3N4O4. The minimum absolute atomic E-state index is 0.0685. The molecule has 0 saturated carbocycles. The number of alkyl halides is 3. The second kappa shape index (κ2) is 14.8. The van der Waals surface area contributed by atoms with Crippen LogP contribution in [0.2, 0.25) is 0 Å². The molecule has 0 aliphatic carbocycles. The SMILES string of the molecule is N#Cc1ccc(CC(NC(=O)CC(N)c2ccc(-c3ccccc3)cc2)C(=O)N2CCCC2)cc1.O=C(O)C(F)(F)F. The number of nitrogens with zero attached hydrogens (tertiary/aromatic N) is 2. The molecule has 2 amide bonds. The maximum atomic E-state index is 13.2. The standard InChI is InChI=1S/C29H30N4O2.C2HF3O2/c30-20-22-10-8-21(9-11-22)18-27(29(35)33-16-4-5-17-33)32-28(34)19-26(31)25-14-12-24(13-15-25)23-6-2-1-3-7-23;3-2(4,5)1(6)7/h1-3,6-15,26-27H,4-5,16-19,31H2,(H,32,34);(H,6,7). The fourth-order valence-electron chi connectivity index (χ4n) is 4.43. The Hall–Kier alpha value is -4.69. The number of halogens is 3. The summed E-state index contributed by atoms with van der Waals surface area (Å²) in [5.41, 5.74) is 10.9. The molecule has 1 fully saturated rings. The first kappa shape index (κ1) is 31.8. The molecule has 4 rings (SSSR count). The molecule has 1 aliphatic rings. The zero-order valence-electron chi connectivity index (χ0n) is 22.7. The van der Waals surface area contributed by atoms with E-state index in [0.717, 1.165) is 35.1 Å². The molecule has 0 radical (unpaired) electrons. The average Bonchev–Trinajstić information content (AvgIpc) is 3.52. The highest BCUT2D eigenvalue weighted by molar-refractivity contribution is 5.88. The summed E-state index contributed by atoms with van der Waals surface area (Å²) in [5.74, 6) is -3.08. The van der Waals surface area contributed by atoms with E-state index in [2.05, 4.69) is 11.4 Å². The average molecular weight is 581 g/mol. The van der Waals surface area contributed by atoms with Crippen LogP contribution in [0.15, 0.2) is 78.9 Å². The van der Waals surface area contributed by atoms with Gasteiger partial charge in [0.25, 0.3) is 0 Å². The normalized spacial score (nSPS) is 14.1. The van der Waals surface area contributed by atoms with Gasteiger partial charge in [0, 0.05) is 32.0 Å². The van der Waals surface area contributed by atoms with Crippen LogP contribution in [0.1, 0.15) is 42.0 Å². The number of aliphatic carboxylic acids is 1. The van der Waals surface area contributed by atoms with Gasteiger partial charge in [0.05, 0.1) is 11.6 Å². The summed E-state index contributed by atoms with van der Waals surface area (Å²) < 4.78 is 31.7. The molecule has 11 heteroatoms. The fourth-order valence-corrected chi connectivity index (χ4v) is 4.43. The van der Waals surface area contributed by atoms with Gasteiger partial charge in [0.15, 0.2) is 0 Å². The molecule has 1 heterocycles. The number of nitrogens with two attached hydrogens (primary N) is 1. The Morgan fingerprint density at radius 3 is 2.00 bits per heavy atom. The highest BCUT2D eigenvalue weighted by Crippen LogP contribution is 2.22. The van der Waals surface area contributed by atoms with Crippen LogP contribution in [0.4, 0.5) is 13.2 Å². The van der Waals surface area contributed by atoms with Crippen molar-refractivity contribution in [3.8, 4) is 17.2 Å². The van der Waals surface area contributed by atoms with E-state index in [1.165, 1.54) is 0 Å². The zero-order chi connectivity index (χ0) is 30.7. The lowest BCUT2D eigenvalue weighted by atomic mass is 9.99. The molecule has 0 spiro atoms. The summed E-state index contributed by atoms with van der Waals surface area (Å²) in [6.07, 6.45) is -2.67. The van der Waals surface area contributed by atoms with Gasteiger partial charge in [-0.1, -0.05) is 66.7 Å². The summed E-state index contributed by atoms with van der Waals surface area (Å²) in [4.78, 5) is 36.8. The first-order valence-corrected chi connectivity index (χ1v) is 13.3. The number of carbonyl (C=O) groups excluding carboxylic acids is 2. The number of amides is 2. The number of nitrogens with one attached hydrogen (secondary N) is 1. The number of rotatable bonds is 8. The van der Waals surface area contributed by atoms with E-state index in [-0.39, 0.29) is 18.2 Å². The van der Waals surface area contributed by atoms with Crippen molar-refractivity contribution in [1.82, 2.24) is 10.2 Å². The van der Waals surface area contributed by atoms with Crippen LogP contribution in [-0.2, 0) is 20.8 Å². The van der Waals surface area contributed by atoms with Gasteiger partial charge in [-0.15, -0.1) is 0 Å². The van der Waals surface area contributed by atoms with Crippen LogP contribution in [-0.4, -0.2) is 53.1 Å². The summed E-state index contributed by atoms with van der Waals surface area (Å²) >= 11 is 0. The third kappa shape index (κ3) is 9.45. The number of carboxylic acid groups (broad SMARTS) is 1. The van der Waals surface area contributed by atoms with Crippen molar-refractivity contribution in [2.75, 3.05) is 13.1 Å². The Morgan fingerprint density at radius 2 is 1.48 bits per heavy atom. The van der Waals surface area contributed by atoms with E-state index < -0.39 is 24.2 Å². The van der Waals surface area contributed by atoms with Crippen molar-refractivity contribution in [2.24, 2.45) is 5.73 Å². The van der Waals surface area contributed by atoms with Crippen molar-refractivity contribution in [1.29, 1.82) is 5.26 Å². The Balaban J connectivity index is 0.000000616. The van der Waals surface area contributed by atoms with Gasteiger partial charge in [-0.2, -0.15) is 18.4 Å². The number of nitriles is 1. The minimum Gasteiger partial charge on any atom is -0.475 e. The topological polar surface area (TPSA) is 137 Å². The monoisotopic (exact) mass is 580 g/mol. The number of hydrogen-bond donors (Lipinski definition) is 3. The second-order valence-electron chi connectivity index (χ2n) is 9.77. The minimum atomic E-state index is -5.08. The Labute approximate surface area is 241 Å². The third-order valence-corrected chi connectivity index (χ3v) is 6.67. The predicted molar refractivity (Wildman–Crippen MR) is 150 cm³/mol. The number of benzene rings is 3. The van der Waals surface area contributed by atoms with Crippen LogP contribution in [0.25, 0.3) is 11.1 Å². The molecule has 3 aromatic carbocycles. The largest absolute Gasteiger partial charge is 0.490 e. The molecule has 1 saturated heterocycles. The lowest BCUT2D eigenvalue weighted by Gasteiger charge is -2.25. The van der Waals surface area contributed by atoms with E-state index in [1.807, 2.05) is 71.6 Å². The van der Waals surface area contributed by atoms with Gasteiger partial charge in [-0.25, -0.2) is 4.79 Å². The highest BCUT2D eigenvalue weighted by Gasteiger charge is 2.38. The highest BCUT2D eigenvalue weighted by atomic mass is 19.4. The van der Waals surface area contributed by atoms with Crippen LogP contribution < -0.4 is 11.1 Å². The molecule has 2 unspecified atom stereocenters. The number of carboxylic acids is 1. The van der Waals surface area contributed by atoms with E-state index >= 15 is 0 Å². The molecular weight excluding hydrogens is 549 g/mol. The van der Waals surface area contributed by atoms with Crippen molar-refractivity contribution < 1.29 is 32.7 Å². The summed E-state index contributed by atoms with van der Waals surface area (Å²) in [6.45, 7) is 1.43. The van der Waals surface area contributed by atoms with Crippen LogP contribution in [0.5, 0.6) is 0 Å². The van der Waals surface area contributed by atoms with Gasteiger partial charge in [-0.3, -0.25) is 9.59 Å². The summed E-state index contributed by atoms with van der Waals surface area (Å²) in [7, 11) is 0. The quantitative estimate of drug-likeness (QED) is 0.356. The maximum absolute atomic E-state index is 13.2. The summed E-state index contributed by atoms with van der Waals surface area (Å²) in [6, 6.07) is 26.1. The van der Waals surface area contributed by atoms with Crippen LogP contribution >= 0.6 is 0 Å². The Morgan fingerprint density at radius 1 is 0.929 bits per heavy atom. The molecule has 3 aromatic rings. The van der Waals surface area contributed by atoms with Crippen molar-refractivity contribution in [3.63, 3.8) is 0 Å². The van der Waals surface area contributed by atoms with E-state index in [4.69, 9.17) is 20.9 Å². The van der Waals surface area contributed by atoms with E-state index in [9.17, 15) is 22.8 Å². The smallest absolute Gasteiger partial charge is 0.475 e. The molecule has 4 N–H and O–H groups in total. The predicted octanol–water partition coefficient (Wildman–Crippen LogP) is 4.60. The molecule has 8 nitrogen and oxygen atoms in total. The number of carbonyl (C=O) groups is 3. The number of hydrogen-bond acceptors (Lipinski definition) is 5. The Bertz CT molecular complexity index is 1380. The molecule has 0 aromatic heterocycles. The van der Waals surface area contributed by atoms with Gasteiger partial charge in [0.2, 0.25) is 11.8 Å². The zero-order valence-corrected chi connectivity index (χ0v) is 22.7. The lowest BCUT2D eigenvalue weighted by molar-refractivity contribution is -0.192. The van der Waals surface area contributed by atoms with Gasteiger partial charge < -0.3 is 21.1 Å². The van der Waals surface area contributed by atoms with Gasteiger partial charge >= 0.3 is 12.1 Å². The van der Waals surface area contributed by atoms with Crippen molar-refractivity contribution >= 4 is 17.8 Å². The van der Waals surface area contributed by atoms with E-state index in [0.29, 0.717) is 25.1 Å². The Kier molecular flexibility index (Phi) is 11.2. The summed E-state index contributed by atoms with van der Waals surface area (Å²) in [5, 5.41) is 19.1. The van der Waals surface area contributed by atoms with Gasteiger partial charge in [0.1, 0.15) is 6.04 Å². The second-order valence-corrected chi connectivity index (χ2v) is 9.77. The fraction of sp³-hybridized carbons (Fsp3) is 0.290. The lowest BCUT2D eigenvalue weighted by Crippen LogP contribution is -2.49. The maximum Gasteiger partial charge on any atom is 0.490 e. The first-order valence-electron chi connectivity index (χ1n) is 13.3. The molecule has 1 aliphatic heterocycles. The van der Waals surface area contributed by atoms with Crippen LogP contribution in [0.3, 0.4) is 0 Å². The van der Waals surface area contributed by atoms with Crippen molar-refractivity contribution in [3.05, 3.63) is 95.6 Å². The molecule has 0 bridgehead atoms. The number of likely N-dealkylation sites (tertiary alicyclic amines) is 1. The van der Waals surface area contributed by atoms with Crippen LogP contribution in [0, 0.1) is 11.3 Å². The van der Waals surface area contributed by atoms with E-state index in [1.54, 1.807) is 12.1 Å². The molecule has 42 heavy (non-hydrogen) atoms. The third-order valence-electron chi connectivity index (χ3n) is 6.67.